The van der Waals surface area contributed by atoms with E-state index in [4.69, 9.17) is 5.11 Å². The standard InChI is InChI=1S/C15H23NO4/c17-13-6-5-11-7-16(8-12(11)13)14(18)9-1-3-10(4-2-9)15(19)20/h9-13,17H,1-8H2,(H,19,20). The molecular formula is C15H23NO4. The van der Waals surface area contributed by atoms with Crippen LogP contribution in [0.2, 0.25) is 0 Å². The summed E-state index contributed by atoms with van der Waals surface area (Å²) < 4.78 is 0. The number of carboxylic acid groups (broad SMARTS) is 1. The number of carbonyl (C=O) groups is 2. The Balaban J connectivity index is 1.54. The SMILES string of the molecule is O=C(O)C1CCC(C(=O)N2CC3CCC(O)C3C2)CC1. The van der Waals surface area contributed by atoms with Gasteiger partial charge in [-0.25, -0.2) is 0 Å². The van der Waals surface area contributed by atoms with Crippen molar-refractivity contribution in [2.45, 2.75) is 44.6 Å². The molecular weight excluding hydrogens is 258 g/mol. The molecule has 20 heavy (non-hydrogen) atoms. The zero-order chi connectivity index (χ0) is 14.3. The van der Waals surface area contributed by atoms with Crippen LogP contribution >= 0.6 is 0 Å². The minimum atomic E-state index is -0.727. The van der Waals surface area contributed by atoms with Crippen molar-refractivity contribution in [2.75, 3.05) is 13.1 Å². The highest BCUT2D eigenvalue weighted by molar-refractivity contribution is 5.80. The monoisotopic (exact) mass is 281 g/mol. The van der Waals surface area contributed by atoms with E-state index in [9.17, 15) is 14.7 Å². The normalized spacial score (nSPS) is 40.6. The average molecular weight is 281 g/mol. The Morgan fingerprint density at radius 2 is 1.55 bits per heavy atom. The van der Waals surface area contributed by atoms with Gasteiger partial charge in [-0.05, 0) is 44.4 Å². The average Bonchev–Trinajstić information content (AvgIpc) is 3.01. The van der Waals surface area contributed by atoms with Gasteiger partial charge in [-0.15, -0.1) is 0 Å². The van der Waals surface area contributed by atoms with E-state index in [2.05, 4.69) is 0 Å². The van der Waals surface area contributed by atoms with E-state index >= 15 is 0 Å². The molecule has 3 aliphatic rings. The van der Waals surface area contributed by atoms with Crippen LogP contribution in [0.3, 0.4) is 0 Å². The number of nitrogens with zero attached hydrogens (tertiary/aromatic N) is 1. The maximum absolute atomic E-state index is 12.5. The minimum Gasteiger partial charge on any atom is -0.481 e. The summed E-state index contributed by atoms with van der Waals surface area (Å²) in [6.07, 6.45) is 4.31. The van der Waals surface area contributed by atoms with Crippen molar-refractivity contribution in [3.63, 3.8) is 0 Å². The number of carbonyl (C=O) groups excluding carboxylic acids is 1. The largest absolute Gasteiger partial charge is 0.481 e. The van der Waals surface area contributed by atoms with E-state index in [0.717, 1.165) is 19.4 Å². The van der Waals surface area contributed by atoms with E-state index in [1.165, 1.54) is 0 Å². The summed E-state index contributed by atoms with van der Waals surface area (Å²) in [6, 6.07) is 0. The fraction of sp³-hybridized carbons (Fsp3) is 0.867. The number of aliphatic hydroxyl groups excluding tert-OH is 1. The number of amides is 1. The van der Waals surface area contributed by atoms with Crippen molar-refractivity contribution in [1.29, 1.82) is 0 Å². The predicted molar refractivity (Wildman–Crippen MR) is 71.9 cm³/mol. The molecule has 3 rings (SSSR count). The quantitative estimate of drug-likeness (QED) is 0.794. The lowest BCUT2D eigenvalue weighted by Gasteiger charge is -2.29. The summed E-state index contributed by atoms with van der Waals surface area (Å²) in [6.45, 7) is 1.49. The summed E-state index contributed by atoms with van der Waals surface area (Å²) in [7, 11) is 0. The van der Waals surface area contributed by atoms with Gasteiger partial charge in [0.25, 0.3) is 0 Å². The lowest BCUT2D eigenvalue weighted by molar-refractivity contribution is -0.145. The number of fused-ring (bicyclic) bond motifs is 1. The second-order valence-corrected chi connectivity index (χ2v) is 6.70. The van der Waals surface area contributed by atoms with Crippen molar-refractivity contribution in [3.8, 4) is 0 Å². The second kappa shape index (κ2) is 5.35. The lowest BCUT2D eigenvalue weighted by atomic mass is 9.81. The first kappa shape index (κ1) is 13.9. The minimum absolute atomic E-state index is 0.00145. The molecule has 0 bridgehead atoms. The van der Waals surface area contributed by atoms with Gasteiger partial charge in [-0.1, -0.05) is 0 Å². The number of hydrogen-bond acceptors (Lipinski definition) is 3. The van der Waals surface area contributed by atoms with E-state index < -0.39 is 5.97 Å². The molecule has 2 N–H and O–H groups in total. The van der Waals surface area contributed by atoms with Crippen LogP contribution < -0.4 is 0 Å². The first-order valence-electron chi connectivity index (χ1n) is 7.76. The van der Waals surface area contributed by atoms with E-state index in [1.54, 1.807) is 0 Å². The van der Waals surface area contributed by atoms with Crippen LogP contribution in [-0.4, -0.2) is 46.2 Å². The molecule has 1 heterocycles. The highest BCUT2D eigenvalue weighted by Gasteiger charge is 2.44. The van der Waals surface area contributed by atoms with E-state index in [0.29, 0.717) is 38.1 Å². The summed E-state index contributed by atoms with van der Waals surface area (Å²) in [5.41, 5.74) is 0. The fourth-order valence-electron chi connectivity index (χ4n) is 4.26. The summed E-state index contributed by atoms with van der Waals surface area (Å²) in [5, 5.41) is 18.9. The molecule has 0 spiro atoms. The van der Waals surface area contributed by atoms with Gasteiger partial charge in [-0.3, -0.25) is 9.59 Å². The molecule has 0 aromatic heterocycles. The molecule has 2 saturated carbocycles. The van der Waals surface area contributed by atoms with Gasteiger partial charge in [0.2, 0.25) is 5.91 Å². The summed E-state index contributed by atoms with van der Waals surface area (Å²) >= 11 is 0. The smallest absolute Gasteiger partial charge is 0.306 e. The van der Waals surface area contributed by atoms with Crippen LogP contribution in [0.25, 0.3) is 0 Å². The van der Waals surface area contributed by atoms with Crippen molar-refractivity contribution in [3.05, 3.63) is 0 Å². The molecule has 3 atom stereocenters. The number of likely N-dealkylation sites (tertiary alicyclic amines) is 1. The molecule has 0 aromatic rings. The van der Waals surface area contributed by atoms with Gasteiger partial charge in [0.1, 0.15) is 0 Å². The molecule has 1 amide bonds. The van der Waals surface area contributed by atoms with Crippen LogP contribution in [0.4, 0.5) is 0 Å². The predicted octanol–water partition coefficient (Wildman–Crippen LogP) is 1.11. The Labute approximate surface area is 119 Å². The van der Waals surface area contributed by atoms with Crippen molar-refractivity contribution in [2.24, 2.45) is 23.7 Å². The van der Waals surface area contributed by atoms with Gasteiger partial charge in [0.05, 0.1) is 12.0 Å². The molecule has 112 valence electrons. The second-order valence-electron chi connectivity index (χ2n) is 6.70. The highest BCUT2D eigenvalue weighted by Crippen LogP contribution is 2.39. The molecule has 1 saturated heterocycles. The first-order valence-corrected chi connectivity index (χ1v) is 7.76. The third-order valence-electron chi connectivity index (χ3n) is 5.56. The number of carboxylic acids is 1. The number of rotatable bonds is 2. The molecule has 3 fully saturated rings. The molecule has 5 nitrogen and oxygen atoms in total. The Hall–Kier alpha value is -1.10. The maximum atomic E-state index is 12.5. The van der Waals surface area contributed by atoms with Crippen molar-refractivity contribution in [1.82, 2.24) is 4.90 Å². The van der Waals surface area contributed by atoms with Crippen LogP contribution in [0.1, 0.15) is 38.5 Å². The van der Waals surface area contributed by atoms with Crippen LogP contribution in [0.5, 0.6) is 0 Å². The van der Waals surface area contributed by atoms with Gasteiger partial charge in [-0.2, -0.15) is 0 Å². The van der Waals surface area contributed by atoms with E-state index in [1.807, 2.05) is 4.90 Å². The summed E-state index contributed by atoms with van der Waals surface area (Å²) in [4.78, 5) is 25.4. The van der Waals surface area contributed by atoms with Gasteiger partial charge >= 0.3 is 5.97 Å². The fourth-order valence-corrected chi connectivity index (χ4v) is 4.26. The van der Waals surface area contributed by atoms with Gasteiger partial charge in [0, 0.05) is 24.9 Å². The molecule has 5 heteroatoms. The first-order chi connectivity index (χ1) is 9.56. The topological polar surface area (TPSA) is 77.8 Å². The molecule has 3 unspecified atom stereocenters. The maximum Gasteiger partial charge on any atom is 0.306 e. The van der Waals surface area contributed by atoms with E-state index in [-0.39, 0.29) is 29.8 Å². The number of aliphatic carboxylic acids is 1. The zero-order valence-corrected chi connectivity index (χ0v) is 11.7. The molecule has 1 aliphatic heterocycles. The number of aliphatic hydroxyl groups is 1. The van der Waals surface area contributed by atoms with Gasteiger partial charge in [0.15, 0.2) is 0 Å². The van der Waals surface area contributed by atoms with Crippen molar-refractivity contribution < 1.29 is 19.8 Å². The van der Waals surface area contributed by atoms with Crippen LogP contribution in [-0.2, 0) is 9.59 Å². The molecule has 0 aromatic carbocycles. The van der Waals surface area contributed by atoms with Crippen LogP contribution in [0.15, 0.2) is 0 Å². The Bertz CT molecular complexity index is 403. The Morgan fingerprint density at radius 3 is 2.15 bits per heavy atom. The third kappa shape index (κ3) is 2.43. The van der Waals surface area contributed by atoms with Gasteiger partial charge < -0.3 is 15.1 Å². The Kier molecular flexibility index (Phi) is 3.71. The Morgan fingerprint density at radius 1 is 0.900 bits per heavy atom. The molecule has 2 aliphatic carbocycles. The lowest BCUT2D eigenvalue weighted by Crippen LogP contribution is -2.38. The zero-order valence-electron chi connectivity index (χ0n) is 11.7. The van der Waals surface area contributed by atoms with Crippen LogP contribution in [0, 0.1) is 23.7 Å². The van der Waals surface area contributed by atoms with Crippen molar-refractivity contribution >= 4 is 11.9 Å². The molecule has 0 radical (unpaired) electrons. The summed E-state index contributed by atoms with van der Waals surface area (Å²) in [5.74, 6) is -0.0517. The highest BCUT2D eigenvalue weighted by atomic mass is 16.4. The number of hydrogen-bond donors (Lipinski definition) is 2. The third-order valence-corrected chi connectivity index (χ3v) is 5.56.